The minimum Gasteiger partial charge on any atom is -0.313 e. The van der Waals surface area contributed by atoms with Gasteiger partial charge in [-0.15, -0.1) is 0 Å². The number of H-pyrrole nitrogens is 1. The topological polar surface area (TPSA) is 71.9 Å². The Morgan fingerprint density at radius 2 is 2.29 bits per heavy atom. The van der Waals surface area contributed by atoms with E-state index in [1.54, 1.807) is 13.1 Å². The van der Waals surface area contributed by atoms with Crippen LogP contribution in [0.3, 0.4) is 0 Å². The summed E-state index contributed by atoms with van der Waals surface area (Å²) in [5.41, 5.74) is -0.237. The van der Waals surface area contributed by atoms with Gasteiger partial charge in [0, 0.05) is 12.4 Å². The third-order valence-electron chi connectivity index (χ3n) is 2.84. The van der Waals surface area contributed by atoms with Crippen LogP contribution < -0.4 is 5.69 Å². The van der Waals surface area contributed by atoms with Crippen LogP contribution in [-0.4, -0.2) is 29.0 Å². The molecule has 2 rings (SSSR count). The van der Waals surface area contributed by atoms with Crippen LogP contribution in [0.4, 0.5) is 0 Å². The largest absolute Gasteiger partial charge is 0.325 e. The molecule has 0 aliphatic carbocycles. The van der Waals surface area contributed by atoms with Gasteiger partial charge in [0.2, 0.25) is 0 Å². The first-order chi connectivity index (χ1) is 6.52. The van der Waals surface area contributed by atoms with Gasteiger partial charge in [0.15, 0.2) is 9.84 Å². The van der Waals surface area contributed by atoms with Crippen molar-refractivity contribution in [3.8, 4) is 0 Å². The van der Waals surface area contributed by atoms with Gasteiger partial charge in [-0.2, -0.15) is 0 Å². The average Bonchev–Trinajstić information content (AvgIpc) is 2.61. The standard InChI is InChI=1S/C8H12N2O3S/c1-6-7(2-5-14(6,12)13)10-4-3-9-8(10)11/h3-4,6-7H,2,5H2,1H3,(H,9,11). The molecule has 1 saturated heterocycles. The summed E-state index contributed by atoms with van der Waals surface area (Å²) < 4.78 is 24.4. The summed E-state index contributed by atoms with van der Waals surface area (Å²) in [6.45, 7) is 1.66. The SMILES string of the molecule is CC1C(n2cc[nH]c2=O)CCS1(=O)=O. The number of hydrogen-bond donors (Lipinski definition) is 1. The average molecular weight is 216 g/mol. The van der Waals surface area contributed by atoms with Crippen molar-refractivity contribution in [2.75, 3.05) is 5.75 Å². The Morgan fingerprint density at radius 3 is 2.71 bits per heavy atom. The fourth-order valence-corrected chi connectivity index (χ4v) is 3.59. The molecule has 2 unspecified atom stereocenters. The monoisotopic (exact) mass is 216 g/mol. The van der Waals surface area contributed by atoms with Crippen molar-refractivity contribution in [1.82, 2.24) is 9.55 Å². The zero-order valence-corrected chi connectivity index (χ0v) is 8.62. The van der Waals surface area contributed by atoms with Crippen LogP contribution in [0.5, 0.6) is 0 Å². The Bertz CT molecular complexity index is 485. The van der Waals surface area contributed by atoms with E-state index in [-0.39, 0.29) is 17.5 Å². The minimum absolute atomic E-state index is 0.177. The normalized spacial score (nSPS) is 30.6. The molecule has 0 amide bonds. The highest BCUT2D eigenvalue weighted by Crippen LogP contribution is 2.29. The third-order valence-corrected chi connectivity index (χ3v) is 5.09. The molecule has 0 saturated carbocycles. The Balaban J connectivity index is 2.41. The third kappa shape index (κ3) is 1.30. The first-order valence-electron chi connectivity index (χ1n) is 4.49. The molecule has 1 fully saturated rings. The van der Waals surface area contributed by atoms with Gasteiger partial charge >= 0.3 is 5.69 Å². The molecule has 2 heterocycles. The number of nitrogens with zero attached hydrogens (tertiary/aromatic N) is 1. The Kier molecular flexibility index (Phi) is 2.02. The quantitative estimate of drug-likeness (QED) is 0.714. The lowest BCUT2D eigenvalue weighted by Crippen LogP contribution is -2.28. The summed E-state index contributed by atoms with van der Waals surface area (Å²) in [6, 6.07) is -0.209. The lowest BCUT2D eigenvalue weighted by atomic mass is 10.2. The Labute approximate surface area is 81.7 Å². The predicted molar refractivity (Wildman–Crippen MR) is 52.0 cm³/mol. The van der Waals surface area contributed by atoms with Crippen LogP contribution >= 0.6 is 0 Å². The number of aromatic nitrogens is 2. The van der Waals surface area contributed by atoms with Crippen LogP contribution in [-0.2, 0) is 9.84 Å². The molecule has 1 aromatic heterocycles. The molecule has 0 aromatic carbocycles. The number of nitrogens with one attached hydrogen (secondary N) is 1. The molecular weight excluding hydrogens is 204 g/mol. The highest BCUT2D eigenvalue weighted by molar-refractivity contribution is 7.92. The van der Waals surface area contributed by atoms with Crippen molar-refractivity contribution in [2.24, 2.45) is 0 Å². The fourth-order valence-electron chi connectivity index (χ4n) is 1.90. The second-order valence-corrected chi connectivity index (χ2v) is 6.08. The van der Waals surface area contributed by atoms with Crippen LogP contribution in [0.1, 0.15) is 19.4 Å². The Morgan fingerprint density at radius 1 is 1.57 bits per heavy atom. The van der Waals surface area contributed by atoms with E-state index in [1.165, 1.54) is 10.8 Å². The van der Waals surface area contributed by atoms with Crippen molar-refractivity contribution in [2.45, 2.75) is 24.6 Å². The van der Waals surface area contributed by atoms with Gasteiger partial charge < -0.3 is 4.98 Å². The molecule has 14 heavy (non-hydrogen) atoms. The first-order valence-corrected chi connectivity index (χ1v) is 6.21. The molecule has 5 nitrogen and oxygen atoms in total. The van der Waals surface area contributed by atoms with Crippen molar-refractivity contribution >= 4 is 9.84 Å². The van der Waals surface area contributed by atoms with Gasteiger partial charge in [-0.25, -0.2) is 13.2 Å². The maximum absolute atomic E-state index is 11.5. The van der Waals surface area contributed by atoms with Crippen LogP contribution in [0.25, 0.3) is 0 Å². The number of imidazole rings is 1. The van der Waals surface area contributed by atoms with Crippen LogP contribution in [0.2, 0.25) is 0 Å². The fraction of sp³-hybridized carbons (Fsp3) is 0.625. The number of aromatic amines is 1. The molecule has 1 N–H and O–H groups in total. The number of hydrogen-bond acceptors (Lipinski definition) is 3. The predicted octanol–water partition coefficient (Wildman–Crippen LogP) is -0.0755. The van der Waals surface area contributed by atoms with Crippen LogP contribution in [0, 0.1) is 0 Å². The summed E-state index contributed by atoms with van der Waals surface area (Å²) in [5, 5.41) is -0.462. The smallest absolute Gasteiger partial charge is 0.313 e. The Hall–Kier alpha value is -1.04. The summed E-state index contributed by atoms with van der Waals surface area (Å²) in [7, 11) is -2.99. The van der Waals surface area contributed by atoms with Gasteiger partial charge in [-0.05, 0) is 13.3 Å². The summed E-state index contributed by atoms with van der Waals surface area (Å²) in [6.07, 6.45) is 3.66. The second kappa shape index (κ2) is 2.98. The van der Waals surface area contributed by atoms with Crippen molar-refractivity contribution < 1.29 is 8.42 Å². The molecule has 0 bridgehead atoms. The highest BCUT2D eigenvalue weighted by atomic mass is 32.2. The summed E-state index contributed by atoms with van der Waals surface area (Å²) in [4.78, 5) is 13.8. The molecule has 0 radical (unpaired) electrons. The molecule has 6 heteroatoms. The maximum Gasteiger partial charge on any atom is 0.325 e. The zero-order chi connectivity index (χ0) is 10.3. The molecule has 1 aliphatic heterocycles. The number of sulfone groups is 1. The molecular formula is C8H12N2O3S. The first kappa shape index (κ1) is 9.51. The molecule has 1 aromatic rings. The van der Waals surface area contributed by atoms with E-state index in [9.17, 15) is 13.2 Å². The van der Waals surface area contributed by atoms with E-state index in [4.69, 9.17) is 0 Å². The van der Waals surface area contributed by atoms with Gasteiger partial charge in [-0.3, -0.25) is 4.57 Å². The molecule has 78 valence electrons. The van der Waals surface area contributed by atoms with Gasteiger partial charge in [0.1, 0.15) is 0 Å². The minimum atomic E-state index is -2.99. The van der Waals surface area contributed by atoms with E-state index in [1.807, 2.05) is 0 Å². The van der Waals surface area contributed by atoms with Crippen LogP contribution in [0.15, 0.2) is 17.2 Å². The van der Waals surface area contributed by atoms with E-state index >= 15 is 0 Å². The summed E-state index contributed by atoms with van der Waals surface area (Å²) >= 11 is 0. The van der Waals surface area contributed by atoms with Crippen molar-refractivity contribution in [3.63, 3.8) is 0 Å². The van der Waals surface area contributed by atoms with E-state index in [0.29, 0.717) is 6.42 Å². The highest BCUT2D eigenvalue weighted by Gasteiger charge is 2.38. The van der Waals surface area contributed by atoms with E-state index in [0.717, 1.165) is 0 Å². The maximum atomic E-state index is 11.5. The lowest BCUT2D eigenvalue weighted by molar-refractivity contribution is 0.484. The zero-order valence-electron chi connectivity index (χ0n) is 7.80. The molecule has 0 spiro atoms. The second-order valence-electron chi connectivity index (χ2n) is 3.60. The van der Waals surface area contributed by atoms with Gasteiger partial charge in [0.05, 0.1) is 17.0 Å². The number of rotatable bonds is 1. The molecule has 2 atom stereocenters. The lowest BCUT2D eigenvalue weighted by Gasteiger charge is -2.14. The summed E-state index contributed by atoms with van der Waals surface area (Å²) in [5.74, 6) is 0.177. The van der Waals surface area contributed by atoms with Crippen molar-refractivity contribution in [3.05, 3.63) is 22.9 Å². The van der Waals surface area contributed by atoms with Crippen molar-refractivity contribution in [1.29, 1.82) is 0 Å². The van der Waals surface area contributed by atoms with Gasteiger partial charge in [0.25, 0.3) is 0 Å². The van der Waals surface area contributed by atoms with E-state index in [2.05, 4.69) is 4.98 Å². The van der Waals surface area contributed by atoms with E-state index < -0.39 is 15.1 Å². The van der Waals surface area contributed by atoms with Gasteiger partial charge in [-0.1, -0.05) is 0 Å². The molecule has 1 aliphatic rings.